The highest BCUT2D eigenvalue weighted by atomic mass is 35.5. The minimum Gasteiger partial charge on any atom is -0.343 e. The van der Waals surface area contributed by atoms with Gasteiger partial charge in [0.2, 0.25) is 5.95 Å². The molecule has 2 aromatic heterocycles. The molecular formula is C23H25ClF3N7OS. The predicted molar refractivity (Wildman–Crippen MR) is 135 cm³/mol. The van der Waals surface area contributed by atoms with Crippen LogP contribution in [0, 0.1) is 0 Å². The lowest BCUT2D eigenvalue weighted by atomic mass is 9.93. The van der Waals surface area contributed by atoms with Crippen LogP contribution in [0.5, 0.6) is 0 Å². The number of thiazole rings is 1. The van der Waals surface area contributed by atoms with Crippen LogP contribution in [0.2, 0.25) is 4.34 Å². The van der Waals surface area contributed by atoms with E-state index in [0.29, 0.717) is 15.2 Å². The first-order valence-corrected chi connectivity index (χ1v) is 12.3. The van der Waals surface area contributed by atoms with E-state index >= 15 is 0 Å². The molecule has 1 amide bonds. The second-order valence-corrected chi connectivity index (χ2v) is 10.9. The molecule has 3 heterocycles. The van der Waals surface area contributed by atoms with Gasteiger partial charge in [0.15, 0.2) is 10.9 Å². The Morgan fingerprint density at radius 1 is 1.17 bits per heavy atom. The number of anilines is 4. The van der Waals surface area contributed by atoms with Crippen LogP contribution in [0.15, 0.2) is 24.4 Å². The summed E-state index contributed by atoms with van der Waals surface area (Å²) in [7, 11) is 0. The normalized spacial score (nSPS) is 13.8. The topological polar surface area (TPSA) is 104 Å². The number of hydrogen-bond donors (Lipinski definition) is 4. The quantitative estimate of drug-likeness (QED) is 0.336. The molecule has 0 bridgehead atoms. The van der Waals surface area contributed by atoms with Gasteiger partial charge in [0, 0.05) is 23.8 Å². The van der Waals surface area contributed by atoms with Crippen LogP contribution >= 0.6 is 22.9 Å². The molecule has 1 aliphatic heterocycles. The number of rotatable bonds is 6. The molecule has 8 nitrogen and oxygen atoms in total. The number of nitrogens with zero attached hydrogens (tertiary/aromatic N) is 3. The van der Waals surface area contributed by atoms with Crippen LogP contribution in [0.4, 0.5) is 35.8 Å². The van der Waals surface area contributed by atoms with Crippen molar-refractivity contribution in [3.05, 3.63) is 51.1 Å². The Morgan fingerprint density at radius 3 is 2.64 bits per heavy atom. The van der Waals surface area contributed by atoms with Gasteiger partial charge < -0.3 is 21.3 Å². The molecule has 0 saturated carbocycles. The number of halogens is 4. The van der Waals surface area contributed by atoms with E-state index in [1.165, 1.54) is 17.3 Å². The van der Waals surface area contributed by atoms with Gasteiger partial charge in [-0.05, 0) is 36.2 Å². The summed E-state index contributed by atoms with van der Waals surface area (Å²) in [5.41, 5.74) is 3.32. The molecule has 13 heteroatoms. The van der Waals surface area contributed by atoms with Crippen molar-refractivity contribution in [2.45, 2.75) is 45.3 Å². The zero-order valence-corrected chi connectivity index (χ0v) is 21.4. The average molecular weight is 540 g/mol. The van der Waals surface area contributed by atoms with E-state index in [2.05, 4.69) is 30.9 Å². The van der Waals surface area contributed by atoms with Crippen molar-refractivity contribution >= 4 is 51.4 Å². The number of alkyl halides is 3. The molecule has 4 N–H and O–H groups in total. The van der Waals surface area contributed by atoms with E-state index in [-0.39, 0.29) is 22.7 Å². The van der Waals surface area contributed by atoms with E-state index in [1.807, 2.05) is 44.3 Å². The summed E-state index contributed by atoms with van der Waals surface area (Å²) in [6, 6.07) is 5.91. The first kappa shape index (κ1) is 26.1. The molecule has 1 aromatic carbocycles. The molecule has 0 fully saturated rings. The zero-order valence-electron chi connectivity index (χ0n) is 19.8. The second-order valence-electron chi connectivity index (χ2n) is 9.31. The lowest BCUT2D eigenvalue weighted by Gasteiger charge is -2.18. The minimum absolute atomic E-state index is 0.000195. The van der Waals surface area contributed by atoms with Crippen LogP contribution < -0.4 is 21.3 Å². The molecule has 0 saturated heterocycles. The average Bonchev–Trinajstić information content (AvgIpc) is 3.17. The Balaban J connectivity index is 1.64. The van der Waals surface area contributed by atoms with Crippen molar-refractivity contribution in [3.8, 4) is 0 Å². The molecule has 4 rings (SSSR count). The zero-order chi connectivity index (χ0) is 26.1. The third-order valence-electron chi connectivity index (χ3n) is 5.35. The van der Waals surface area contributed by atoms with Crippen molar-refractivity contribution in [1.82, 2.24) is 25.6 Å². The van der Waals surface area contributed by atoms with Crippen molar-refractivity contribution < 1.29 is 18.0 Å². The molecule has 1 aliphatic rings. The van der Waals surface area contributed by atoms with Gasteiger partial charge in [0.1, 0.15) is 16.4 Å². The largest absolute Gasteiger partial charge is 0.405 e. The Morgan fingerprint density at radius 2 is 1.94 bits per heavy atom. The number of fused-ring (bicyclic) bond motifs is 1. The number of amides is 1. The van der Waals surface area contributed by atoms with E-state index in [0.717, 1.165) is 36.5 Å². The van der Waals surface area contributed by atoms with Crippen molar-refractivity contribution in [1.29, 1.82) is 0 Å². The van der Waals surface area contributed by atoms with Crippen molar-refractivity contribution in [2.24, 2.45) is 0 Å². The summed E-state index contributed by atoms with van der Waals surface area (Å²) >= 11 is 7.50. The summed E-state index contributed by atoms with van der Waals surface area (Å²) in [4.78, 5) is 25.6. The predicted octanol–water partition coefficient (Wildman–Crippen LogP) is 5.31. The fraction of sp³-hybridized carbons (Fsp3) is 0.391. The van der Waals surface area contributed by atoms with Crippen molar-refractivity contribution in [3.63, 3.8) is 0 Å². The molecule has 0 aliphatic carbocycles. The highest BCUT2D eigenvalue weighted by molar-refractivity contribution is 7.19. The molecule has 192 valence electrons. The monoisotopic (exact) mass is 539 g/mol. The second kappa shape index (κ2) is 10.2. The number of carbonyl (C=O) groups excluding carboxylic acids is 1. The summed E-state index contributed by atoms with van der Waals surface area (Å²) < 4.78 is 38.5. The number of hydrogen-bond acceptors (Lipinski definition) is 8. The van der Waals surface area contributed by atoms with Gasteiger partial charge in [0.05, 0.1) is 5.69 Å². The highest BCUT2D eigenvalue weighted by Gasteiger charge is 2.29. The van der Waals surface area contributed by atoms with Crippen molar-refractivity contribution in [2.75, 3.05) is 23.7 Å². The maximum absolute atomic E-state index is 12.7. The summed E-state index contributed by atoms with van der Waals surface area (Å²) in [5, 5.41) is 11.6. The Hall–Kier alpha value is -2.96. The molecule has 0 spiro atoms. The summed E-state index contributed by atoms with van der Waals surface area (Å²) in [6.07, 6.45) is -2.50. The van der Waals surface area contributed by atoms with Crippen LogP contribution in [0.1, 0.15) is 48.0 Å². The van der Waals surface area contributed by atoms with Gasteiger partial charge in [-0.15, -0.1) is 0 Å². The van der Waals surface area contributed by atoms with Crippen LogP contribution in [-0.4, -0.2) is 40.1 Å². The van der Waals surface area contributed by atoms with Crippen LogP contribution in [-0.2, 0) is 18.4 Å². The number of nitrogens with one attached hydrogen (secondary N) is 4. The number of benzene rings is 1. The number of carbonyl (C=O) groups is 1. The van der Waals surface area contributed by atoms with Gasteiger partial charge in [-0.2, -0.15) is 18.2 Å². The minimum atomic E-state index is -4.56. The lowest BCUT2D eigenvalue weighted by molar-refractivity contribution is -0.123. The lowest BCUT2D eigenvalue weighted by Crippen LogP contribution is -2.34. The third-order valence-corrected chi connectivity index (χ3v) is 6.52. The van der Waals surface area contributed by atoms with Gasteiger partial charge in [0.25, 0.3) is 5.91 Å². The Labute approximate surface area is 215 Å². The molecule has 0 unspecified atom stereocenters. The smallest absolute Gasteiger partial charge is 0.343 e. The van der Waals surface area contributed by atoms with Crippen LogP contribution in [0.3, 0.4) is 0 Å². The SMILES string of the molecule is CC(C)(C)c1nc(Nc2nc(Nc3ccc4c(c3)CCNC4)ncc2C(=O)NCC(F)(F)F)sc1Cl. The first-order valence-electron chi connectivity index (χ1n) is 11.1. The first-order chi connectivity index (χ1) is 16.9. The van der Waals surface area contributed by atoms with E-state index in [1.54, 1.807) is 0 Å². The standard InChI is InChI=1S/C23H25ClF3N7OS/c1-22(2,3)16-17(24)36-21(32-16)34-18-15(19(35)30-11-23(25,26)27)10-29-20(33-18)31-14-5-4-13-9-28-7-6-12(13)8-14/h4-5,8,10,28H,6-7,9,11H2,1-3H3,(H,30,35)(H2,29,31,32,33,34). The van der Waals surface area contributed by atoms with Gasteiger partial charge in [-0.1, -0.05) is 49.8 Å². The fourth-order valence-electron chi connectivity index (χ4n) is 3.58. The molecule has 0 radical (unpaired) electrons. The van der Waals surface area contributed by atoms with E-state index in [9.17, 15) is 18.0 Å². The highest BCUT2D eigenvalue weighted by Crippen LogP contribution is 2.37. The molecule has 36 heavy (non-hydrogen) atoms. The van der Waals surface area contributed by atoms with Gasteiger partial charge in [-0.3, -0.25) is 4.79 Å². The summed E-state index contributed by atoms with van der Waals surface area (Å²) in [5.74, 6) is -0.806. The summed E-state index contributed by atoms with van der Waals surface area (Å²) in [6.45, 7) is 6.07. The molecule has 0 atom stereocenters. The van der Waals surface area contributed by atoms with E-state index in [4.69, 9.17) is 11.6 Å². The molecule has 3 aromatic rings. The number of aromatic nitrogens is 3. The van der Waals surface area contributed by atoms with Gasteiger partial charge in [-0.25, -0.2) is 9.97 Å². The Bertz CT molecular complexity index is 1270. The molecular weight excluding hydrogens is 515 g/mol. The fourth-order valence-corrected chi connectivity index (χ4v) is 5.03. The van der Waals surface area contributed by atoms with Gasteiger partial charge >= 0.3 is 6.18 Å². The van der Waals surface area contributed by atoms with Crippen LogP contribution in [0.25, 0.3) is 0 Å². The van der Waals surface area contributed by atoms with E-state index < -0.39 is 18.6 Å². The Kier molecular flexibility index (Phi) is 7.39. The third kappa shape index (κ3) is 6.42. The maximum atomic E-state index is 12.7. The maximum Gasteiger partial charge on any atom is 0.405 e.